The molecule has 0 spiro atoms. The molecule has 0 N–H and O–H groups in total. The third kappa shape index (κ3) is 7.43. The number of benzene rings is 8. The predicted molar refractivity (Wildman–Crippen MR) is 260 cm³/mol. The van der Waals surface area contributed by atoms with Crippen LogP contribution in [0, 0.1) is 0 Å². The van der Waals surface area contributed by atoms with Crippen LogP contribution < -0.4 is 4.90 Å². The lowest BCUT2D eigenvalue weighted by atomic mass is 9.72. The van der Waals surface area contributed by atoms with Gasteiger partial charge in [0.05, 0.1) is 11.4 Å². The van der Waals surface area contributed by atoms with Gasteiger partial charge in [-0.3, -0.25) is 4.90 Å². The lowest BCUT2D eigenvalue weighted by Crippen LogP contribution is -2.32. The zero-order valence-corrected chi connectivity index (χ0v) is 36.3. The van der Waals surface area contributed by atoms with E-state index in [1.54, 1.807) is 0 Å². The van der Waals surface area contributed by atoms with Gasteiger partial charge in [-0.05, 0) is 99.5 Å². The molecular formula is C58H46N4S. The lowest BCUT2D eigenvalue weighted by molar-refractivity contribution is 0.593. The number of hydrogen-bond donors (Lipinski definition) is 0. The van der Waals surface area contributed by atoms with E-state index in [1.807, 2.05) is 48.2 Å². The highest BCUT2D eigenvalue weighted by Crippen LogP contribution is 2.55. The Hall–Kier alpha value is -7.08. The maximum absolute atomic E-state index is 5.31. The monoisotopic (exact) mass is 830 g/mol. The first-order chi connectivity index (χ1) is 31.0. The molecule has 1 aromatic heterocycles. The standard InChI is InChI=1S/C58H46N4S/c1-58(2)49-28-16-17-29-51(49)62(57-60-55(43-24-11-5-12-25-43)59-56(61-57)44-26-13-6-14-27-44)52-38-54-48(37-50(52)58)45(32-31-42-23-15-18-30-53(42)63-54)33-39-34-46(40-19-7-3-8-20-40)36-47(35-39)41-21-9-4-10-22-41/h3-30,34-38,45H,31-33H2,1-2H3. The number of anilines is 3. The van der Waals surface area contributed by atoms with Crippen molar-refractivity contribution in [1.29, 1.82) is 0 Å². The highest BCUT2D eigenvalue weighted by atomic mass is 32.2. The Morgan fingerprint density at radius 2 is 1.03 bits per heavy atom. The fourth-order valence-electron chi connectivity index (χ4n) is 9.58. The fraction of sp³-hybridized carbons (Fsp3) is 0.121. The molecule has 8 aromatic carbocycles. The summed E-state index contributed by atoms with van der Waals surface area (Å²) in [6, 6.07) is 72.1. The van der Waals surface area contributed by atoms with E-state index in [1.165, 1.54) is 59.9 Å². The van der Waals surface area contributed by atoms with E-state index in [2.05, 4.69) is 183 Å². The van der Waals surface area contributed by atoms with Crippen molar-refractivity contribution in [3.63, 3.8) is 0 Å². The van der Waals surface area contributed by atoms with Crippen LogP contribution in [0.1, 0.15) is 54.0 Å². The first kappa shape index (κ1) is 38.8. The second-order valence-electron chi connectivity index (χ2n) is 17.2. The van der Waals surface area contributed by atoms with E-state index < -0.39 is 0 Å². The maximum atomic E-state index is 5.31. The summed E-state index contributed by atoms with van der Waals surface area (Å²) in [4.78, 5) is 20.6. The van der Waals surface area contributed by atoms with Gasteiger partial charge in [0, 0.05) is 26.3 Å². The SMILES string of the molecule is CC1(C)c2ccccc2N(c2nc(-c3ccccc3)nc(-c3ccccc3)n2)c2cc3c(cc21)C(Cc1cc(-c2ccccc2)cc(-c2ccccc2)c1)CCc1ccccc1S3. The molecule has 2 aliphatic rings. The van der Waals surface area contributed by atoms with Crippen molar-refractivity contribution in [1.82, 2.24) is 15.0 Å². The molecule has 0 radical (unpaired) electrons. The fourth-order valence-corrected chi connectivity index (χ4v) is 10.8. The Balaban J connectivity index is 1.11. The van der Waals surface area contributed by atoms with Gasteiger partial charge in [-0.25, -0.2) is 4.98 Å². The normalized spacial score (nSPS) is 15.0. The van der Waals surface area contributed by atoms with Crippen LogP contribution in [0.4, 0.5) is 17.3 Å². The summed E-state index contributed by atoms with van der Waals surface area (Å²) in [7, 11) is 0. The van der Waals surface area contributed by atoms with Gasteiger partial charge < -0.3 is 0 Å². The Labute approximate surface area is 374 Å². The number of hydrogen-bond acceptors (Lipinski definition) is 5. The van der Waals surface area contributed by atoms with E-state index in [0.29, 0.717) is 17.6 Å². The van der Waals surface area contributed by atoms with Gasteiger partial charge in [0.15, 0.2) is 11.6 Å². The Morgan fingerprint density at radius 1 is 0.492 bits per heavy atom. The van der Waals surface area contributed by atoms with Gasteiger partial charge in [-0.15, -0.1) is 0 Å². The minimum atomic E-state index is -0.307. The number of rotatable bonds is 7. The Bertz CT molecular complexity index is 2980. The van der Waals surface area contributed by atoms with E-state index in [4.69, 9.17) is 15.0 Å². The van der Waals surface area contributed by atoms with Gasteiger partial charge in [0.1, 0.15) is 0 Å². The van der Waals surface area contributed by atoms with E-state index in [0.717, 1.165) is 41.8 Å². The number of aryl methyl sites for hydroxylation is 1. The van der Waals surface area contributed by atoms with Crippen LogP contribution in [-0.4, -0.2) is 15.0 Å². The minimum absolute atomic E-state index is 0.272. The maximum Gasteiger partial charge on any atom is 0.238 e. The number of fused-ring (bicyclic) bond motifs is 4. The van der Waals surface area contributed by atoms with Crippen LogP contribution in [0.3, 0.4) is 0 Å². The van der Waals surface area contributed by atoms with Crippen LogP contribution in [0.25, 0.3) is 45.0 Å². The third-order valence-corrected chi connectivity index (χ3v) is 14.0. The largest absolute Gasteiger partial charge is 0.278 e. The minimum Gasteiger partial charge on any atom is -0.278 e. The molecule has 11 rings (SSSR count). The topological polar surface area (TPSA) is 41.9 Å². The first-order valence-corrected chi connectivity index (χ1v) is 22.7. The van der Waals surface area contributed by atoms with Crippen molar-refractivity contribution < 1.29 is 0 Å². The van der Waals surface area contributed by atoms with E-state index in [9.17, 15) is 0 Å². The second-order valence-corrected chi connectivity index (χ2v) is 18.3. The molecule has 5 heteroatoms. The number of para-hydroxylation sites is 1. The summed E-state index contributed by atoms with van der Waals surface area (Å²) in [6.07, 6.45) is 2.97. The summed E-state index contributed by atoms with van der Waals surface area (Å²) in [5.41, 5.74) is 15.4. The number of aromatic nitrogens is 3. The molecule has 0 bridgehead atoms. The molecule has 1 unspecified atom stereocenters. The molecule has 0 fully saturated rings. The average Bonchev–Trinajstić information content (AvgIpc) is 3.34. The van der Waals surface area contributed by atoms with Crippen LogP contribution >= 0.6 is 11.8 Å². The van der Waals surface area contributed by atoms with Crippen molar-refractivity contribution in [3.8, 4) is 45.0 Å². The zero-order chi connectivity index (χ0) is 42.3. The van der Waals surface area contributed by atoms with Crippen LogP contribution in [0.5, 0.6) is 0 Å². The van der Waals surface area contributed by atoms with Gasteiger partial charge in [0.2, 0.25) is 5.95 Å². The van der Waals surface area contributed by atoms with Gasteiger partial charge in [0.25, 0.3) is 0 Å². The van der Waals surface area contributed by atoms with Gasteiger partial charge >= 0.3 is 0 Å². The van der Waals surface area contributed by atoms with E-state index in [-0.39, 0.29) is 11.3 Å². The summed E-state index contributed by atoms with van der Waals surface area (Å²) in [6.45, 7) is 4.75. The average molecular weight is 831 g/mol. The lowest BCUT2D eigenvalue weighted by Gasteiger charge is -2.42. The van der Waals surface area contributed by atoms with E-state index >= 15 is 0 Å². The Morgan fingerprint density at radius 3 is 1.65 bits per heavy atom. The Kier molecular flexibility index (Phi) is 10.1. The molecule has 63 heavy (non-hydrogen) atoms. The van der Waals surface area contributed by atoms with Crippen molar-refractivity contribution in [3.05, 3.63) is 228 Å². The van der Waals surface area contributed by atoms with Crippen molar-refractivity contribution in [2.75, 3.05) is 4.90 Å². The smallest absolute Gasteiger partial charge is 0.238 e. The van der Waals surface area contributed by atoms with Crippen LogP contribution in [0.2, 0.25) is 0 Å². The van der Waals surface area contributed by atoms with Crippen LogP contribution in [-0.2, 0) is 18.3 Å². The quantitative estimate of drug-likeness (QED) is 0.160. The van der Waals surface area contributed by atoms with Crippen LogP contribution in [0.15, 0.2) is 210 Å². The summed E-state index contributed by atoms with van der Waals surface area (Å²) >= 11 is 1.90. The molecule has 304 valence electrons. The van der Waals surface area contributed by atoms with Gasteiger partial charge in [-0.2, -0.15) is 9.97 Å². The molecule has 1 atom stereocenters. The summed E-state index contributed by atoms with van der Waals surface area (Å²) in [5.74, 6) is 2.16. The zero-order valence-electron chi connectivity index (χ0n) is 35.4. The summed E-state index contributed by atoms with van der Waals surface area (Å²) in [5, 5.41) is 0. The molecule has 0 saturated carbocycles. The highest BCUT2D eigenvalue weighted by molar-refractivity contribution is 7.99. The predicted octanol–water partition coefficient (Wildman–Crippen LogP) is 15.1. The molecule has 0 amide bonds. The second kappa shape index (κ2) is 16.3. The van der Waals surface area contributed by atoms with Gasteiger partial charge in [-0.1, -0.05) is 202 Å². The highest BCUT2D eigenvalue weighted by Gasteiger charge is 2.40. The molecule has 9 aromatic rings. The first-order valence-electron chi connectivity index (χ1n) is 21.9. The summed E-state index contributed by atoms with van der Waals surface area (Å²) < 4.78 is 0. The molecule has 0 aliphatic carbocycles. The number of nitrogens with zero attached hydrogens (tertiary/aromatic N) is 4. The van der Waals surface area contributed by atoms with Crippen molar-refractivity contribution >= 4 is 29.1 Å². The van der Waals surface area contributed by atoms with Crippen molar-refractivity contribution in [2.45, 2.75) is 54.2 Å². The van der Waals surface area contributed by atoms with Crippen molar-refractivity contribution in [2.24, 2.45) is 0 Å². The molecule has 0 saturated heterocycles. The molecule has 3 heterocycles. The third-order valence-electron chi connectivity index (χ3n) is 12.8. The molecular weight excluding hydrogens is 785 g/mol. The molecule has 4 nitrogen and oxygen atoms in total. The molecule has 2 aliphatic heterocycles.